The van der Waals surface area contributed by atoms with Gasteiger partial charge in [0, 0.05) is 31.6 Å². The van der Waals surface area contributed by atoms with Gasteiger partial charge >= 0.3 is 0 Å². The van der Waals surface area contributed by atoms with E-state index in [9.17, 15) is 13.8 Å². The quantitative estimate of drug-likeness (QED) is 0.854. The fourth-order valence-electron chi connectivity index (χ4n) is 1.42. The SMILES string of the molecule is CC(C)OCC(=O)Nc1ccc(C(=O)N=S(C)(=O)N(C)C)cc1. The molecule has 1 N–H and O–H groups in total. The van der Waals surface area contributed by atoms with Crippen molar-refractivity contribution in [3.05, 3.63) is 29.8 Å². The molecular weight excluding hydrogens is 318 g/mol. The first-order valence-electron chi connectivity index (χ1n) is 7.07. The highest BCUT2D eigenvalue weighted by molar-refractivity contribution is 7.90. The highest BCUT2D eigenvalue weighted by Crippen LogP contribution is 2.12. The summed E-state index contributed by atoms with van der Waals surface area (Å²) < 4.78 is 22.4. The van der Waals surface area contributed by atoms with Gasteiger partial charge in [-0.1, -0.05) is 0 Å². The topological polar surface area (TPSA) is 88.1 Å². The van der Waals surface area contributed by atoms with Crippen molar-refractivity contribution in [3.63, 3.8) is 0 Å². The third-order valence-electron chi connectivity index (χ3n) is 2.89. The predicted molar refractivity (Wildman–Crippen MR) is 90.7 cm³/mol. The average molecular weight is 341 g/mol. The molecule has 0 aliphatic carbocycles. The zero-order valence-electron chi connectivity index (χ0n) is 14.0. The molecule has 0 bridgehead atoms. The Hall–Kier alpha value is -1.77. The molecule has 1 atom stereocenters. The first kappa shape index (κ1) is 19.3. The number of hydrogen-bond acceptors (Lipinski definition) is 4. The number of anilines is 1. The van der Waals surface area contributed by atoms with E-state index < -0.39 is 15.8 Å². The fraction of sp³-hybridized carbons (Fsp3) is 0.467. The van der Waals surface area contributed by atoms with Crippen LogP contribution in [-0.4, -0.2) is 53.4 Å². The van der Waals surface area contributed by atoms with Crippen LogP contribution in [0.1, 0.15) is 24.2 Å². The van der Waals surface area contributed by atoms with Crippen molar-refractivity contribution >= 4 is 27.4 Å². The number of ether oxygens (including phenoxy) is 1. The number of hydrogen-bond donors (Lipinski definition) is 1. The normalized spacial score (nSPS) is 13.7. The van der Waals surface area contributed by atoms with Crippen LogP contribution < -0.4 is 5.32 Å². The van der Waals surface area contributed by atoms with Crippen LogP contribution in [0.4, 0.5) is 5.69 Å². The number of carbonyl (C=O) groups excluding carboxylic acids is 2. The van der Waals surface area contributed by atoms with E-state index in [2.05, 4.69) is 9.68 Å². The molecule has 1 aromatic rings. The van der Waals surface area contributed by atoms with Crippen molar-refractivity contribution in [1.82, 2.24) is 4.31 Å². The van der Waals surface area contributed by atoms with Gasteiger partial charge in [0.25, 0.3) is 5.91 Å². The van der Waals surface area contributed by atoms with Crippen LogP contribution in [0.2, 0.25) is 0 Å². The van der Waals surface area contributed by atoms with Gasteiger partial charge in [-0.3, -0.25) is 9.59 Å². The van der Waals surface area contributed by atoms with Crippen LogP contribution in [0.25, 0.3) is 0 Å². The number of amides is 2. The number of rotatable bonds is 6. The second-order valence-electron chi connectivity index (χ2n) is 5.46. The minimum absolute atomic E-state index is 0.0250. The van der Waals surface area contributed by atoms with Crippen LogP contribution in [0.5, 0.6) is 0 Å². The number of nitrogens with zero attached hydrogens (tertiary/aromatic N) is 2. The van der Waals surface area contributed by atoms with E-state index in [1.54, 1.807) is 26.2 Å². The molecule has 0 saturated heterocycles. The molecule has 0 aliphatic rings. The first-order valence-corrected chi connectivity index (χ1v) is 8.95. The van der Waals surface area contributed by atoms with E-state index in [1.807, 2.05) is 13.8 Å². The molecule has 0 heterocycles. The van der Waals surface area contributed by atoms with Gasteiger partial charge in [-0.05, 0) is 38.1 Å². The Morgan fingerprint density at radius 2 is 1.83 bits per heavy atom. The van der Waals surface area contributed by atoms with Gasteiger partial charge in [0.05, 0.1) is 6.10 Å². The molecule has 1 aromatic carbocycles. The third-order valence-corrected chi connectivity index (χ3v) is 4.75. The molecule has 0 radical (unpaired) electrons. The second-order valence-corrected chi connectivity index (χ2v) is 7.89. The number of nitrogens with one attached hydrogen (secondary N) is 1. The lowest BCUT2D eigenvalue weighted by Crippen LogP contribution is -2.21. The van der Waals surface area contributed by atoms with Gasteiger partial charge in [-0.25, -0.2) is 8.51 Å². The van der Waals surface area contributed by atoms with Crippen molar-refractivity contribution in [1.29, 1.82) is 0 Å². The molecule has 0 aliphatic heterocycles. The predicted octanol–water partition coefficient (Wildman–Crippen LogP) is 1.76. The first-order chi connectivity index (χ1) is 10.6. The van der Waals surface area contributed by atoms with Crippen LogP contribution in [-0.2, 0) is 19.4 Å². The summed E-state index contributed by atoms with van der Waals surface area (Å²) in [6, 6.07) is 6.22. The van der Waals surface area contributed by atoms with E-state index in [-0.39, 0.29) is 18.6 Å². The zero-order valence-corrected chi connectivity index (χ0v) is 14.8. The van der Waals surface area contributed by atoms with Gasteiger partial charge in [-0.15, -0.1) is 4.36 Å². The minimum atomic E-state index is -2.72. The van der Waals surface area contributed by atoms with Crippen molar-refractivity contribution < 1.29 is 18.5 Å². The van der Waals surface area contributed by atoms with E-state index >= 15 is 0 Å². The molecule has 0 saturated carbocycles. The highest BCUT2D eigenvalue weighted by atomic mass is 32.2. The van der Waals surface area contributed by atoms with E-state index in [4.69, 9.17) is 4.74 Å². The van der Waals surface area contributed by atoms with Crippen LogP contribution in [0.15, 0.2) is 28.6 Å². The number of benzene rings is 1. The second kappa shape index (κ2) is 8.19. The molecule has 128 valence electrons. The summed E-state index contributed by atoms with van der Waals surface area (Å²) in [5, 5.41) is 2.66. The smallest absolute Gasteiger partial charge is 0.286 e. The lowest BCUT2D eigenvalue weighted by molar-refractivity contribution is -0.121. The Morgan fingerprint density at radius 3 is 2.30 bits per heavy atom. The summed E-state index contributed by atoms with van der Waals surface area (Å²) in [5.41, 5.74) is 0.849. The Balaban J connectivity index is 2.76. The van der Waals surface area contributed by atoms with Gasteiger partial charge in [0.2, 0.25) is 5.91 Å². The lowest BCUT2D eigenvalue weighted by Gasteiger charge is -2.11. The summed E-state index contributed by atoms with van der Waals surface area (Å²) in [6.07, 6.45) is 1.37. The Bertz CT molecular complexity index is 674. The zero-order chi connectivity index (χ0) is 17.6. The van der Waals surface area contributed by atoms with Crippen molar-refractivity contribution in [2.75, 3.05) is 32.3 Å². The Morgan fingerprint density at radius 1 is 1.26 bits per heavy atom. The van der Waals surface area contributed by atoms with Crippen molar-refractivity contribution in [3.8, 4) is 0 Å². The molecule has 23 heavy (non-hydrogen) atoms. The maximum Gasteiger partial charge on any atom is 0.286 e. The van der Waals surface area contributed by atoms with Crippen molar-refractivity contribution in [2.24, 2.45) is 4.36 Å². The summed E-state index contributed by atoms with van der Waals surface area (Å²) in [4.78, 5) is 23.6. The molecule has 8 heteroatoms. The third kappa shape index (κ3) is 6.47. The van der Waals surface area contributed by atoms with Crippen LogP contribution >= 0.6 is 0 Å². The fourth-order valence-corrected chi connectivity index (χ4v) is 2.00. The summed E-state index contributed by atoms with van der Waals surface area (Å²) in [5.74, 6) is -0.834. The molecule has 0 spiro atoms. The monoisotopic (exact) mass is 341 g/mol. The van der Waals surface area contributed by atoms with Gasteiger partial charge in [0.1, 0.15) is 16.5 Å². The maximum atomic E-state index is 12.1. The van der Waals surface area contributed by atoms with Gasteiger partial charge < -0.3 is 10.1 Å². The molecule has 0 aromatic heterocycles. The van der Waals surface area contributed by atoms with Gasteiger partial charge in [0.15, 0.2) is 0 Å². The Kier molecular flexibility index (Phi) is 6.86. The van der Waals surface area contributed by atoms with Gasteiger partial charge in [-0.2, -0.15) is 0 Å². The molecule has 0 fully saturated rings. The summed E-state index contributed by atoms with van der Waals surface area (Å²) in [7, 11) is 0.471. The minimum Gasteiger partial charge on any atom is -0.369 e. The molecule has 1 rings (SSSR count). The average Bonchev–Trinajstić information content (AvgIpc) is 2.45. The maximum absolute atomic E-state index is 12.1. The number of carbonyl (C=O) groups is 2. The molecule has 2 amide bonds. The Labute approximate surface area is 137 Å². The van der Waals surface area contributed by atoms with E-state index in [0.717, 1.165) is 0 Å². The molecule has 7 nitrogen and oxygen atoms in total. The standard InChI is InChI=1S/C15H23N3O4S/c1-11(2)22-10-14(19)16-13-8-6-12(7-9-13)15(20)17-23(5,21)18(3)4/h6-9,11H,10H2,1-5H3,(H,16,19). The molecule has 1 unspecified atom stereocenters. The molecular formula is C15H23N3O4S. The largest absolute Gasteiger partial charge is 0.369 e. The van der Waals surface area contributed by atoms with Crippen molar-refractivity contribution in [2.45, 2.75) is 20.0 Å². The summed E-state index contributed by atoms with van der Waals surface area (Å²) >= 11 is 0. The van der Waals surface area contributed by atoms with E-state index in [0.29, 0.717) is 11.3 Å². The van der Waals surface area contributed by atoms with Crippen LogP contribution in [0.3, 0.4) is 0 Å². The van der Waals surface area contributed by atoms with Crippen LogP contribution in [0, 0.1) is 0 Å². The summed E-state index contributed by atoms with van der Waals surface area (Å²) in [6.45, 7) is 3.65. The lowest BCUT2D eigenvalue weighted by atomic mass is 10.2. The van der Waals surface area contributed by atoms with E-state index in [1.165, 1.54) is 22.7 Å². The highest BCUT2D eigenvalue weighted by Gasteiger charge is 2.11.